The van der Waals surface area contributed by atoms with Crippen molar-refractivity contribution in [3.8, 4) is 39.1 Å². The Labute approximate surface area is 173 Å². The maximum atomic E-state index is 9.74. The fourth-order valence-electron chi connectivity index (χ4n) is 3.43. The van der Waals surface area contributed by atoms with Crippen LogP contribution in [0.3, 0.4) is 0 Å². The summed E-state index contributed by atoms with van der Waals surface area (Å²) >= 11 is 1.62. The third-order valence-corrected chi connectivity index (χ3v) is 5.68. The lowest BCUT2D eigenvalue weighted by Gasteiger charge is -2.01. The largest absolute Gasteiger partial charge is 0.506 e. The maximum absolute atomic E-state index is 9.74. The van der Waals surface area contributed by atoms with E-state index in [1.165, 1.54) is 6.20 Å². The van der Waals surface area contributed by atoms with Gasteiger partial charge in [-0.3, -0.25) is 15.1 Å². The number of aromatic amines is 2. The second-order valence-corrected chi connectivity index (χ2v) is 7.66. The molecule has 0 bridgehead atoms. The Morgan fingerprint density at radius 3 is 2.73 bits per heavy atom. The van der Waals surface area contributed by atoms with E-state index in [1.807, 2.05) is 35.7 Å². The zero-order chi connectivity index (χ0) is 20.1. The molecule has 0 fully saturated rings. The zero-order valence-electron chi connectivity index (χ0n) is 15.4. The molecule has 9 heteroatoms. The molecule has 6 heterocycles. The topological polar surface area (TPSA) is 116 Å². The molecule has 0 amide bonds. The molecule has 6 aromatic rings. The van der Waals surface area contributed by atoms with E-state index in [4.69, 9.17) is 9.97 Å². The van der Waals surface area contributed by atoms with E-state index < -0.39 is 0 Å². The minimum absolute atomic E-state index is 0.0905. The quantitative estimate of drug-likeness (QED) is 0.398. The van der Waals surface area contributed by atoms with E-state index in [1.54, 1.807) is 29.8 Å². The molecule has 3 N–H and O–H groups in total. The molecule has 0 spiro atoms. The summed E-state index contributed by atoms with van der Waals surface area (Å²) in [6.07, 6.45) is 4.82. The van der Waals surface area contributed by atoms with Gasteiger partial charge < -0.3 is 10.1 Å². The van der Waals surface area contributed by atoms with Gasteiger partial charge in [0.15, 0.2) is 11.5 Å². The van der Waals surface area contributed by atoms with Crippen LogP contribution in [0.2, 0.25) is 0 Å². The van der Waals surface area contributed by atoms with Crippen molar-refractivity contribution in [3.63, 3.8) is 0 Å². The number of aromatic hydroxyl groups is 1. The van der Waals surface area contributed by atoms with Gasteiger partial charge in [-0.2, -0.15) is 5.10 Å². The summed E-state index contributed by atoms with van der Waals surface area (Å²) in [4.78, 5) is 22.5. The first-order valence-corrected chi connectivity index (χ1v) is 10.0. The number of rotatable bonds is 3. The SMILES string of the molecule is Oc1cncc(-c2ccc3[nH]nc(-c4nc5c(-c6cccs6)nccc5[nH]4)c3n2)c1. The second kappa shape index (κ2) is 6.46. The number of hydrogen-bond acceptors (Lipinski definition) is 7. The van der Waals surface area contributed by atoms with Crippen molar-refractivity contribution >= 4 is 33.4 Å². The molecular formula is C21H13N7OS. The molecule has 0 aromatic carbocycles. The highest BCUT2D eigenvalue weighted by molar-refractivity contribution is 7.13. The first kappa shape index (κ1) is 16.8. The molecular weight excluding hydrogens is 398 g/mol. The van der Waals surface area contributed by atoms with Crippen LogP contribution >= 0.6 is 11.3 Å². The highest BCUT2D eigenvalue weighted by Gasteiger charge is 2.17. The Kier molecular flexibility index (Phi) is 3.62. The molecule has 0 saturated heterocycles. The lowest BCUT2D eigenvalue weighted by atomic mass is 10.1. The van der Waals surface area contributed by atoms with Gasteiger partial charge in [0.05, 0.1) is 27.8 Å². The van der Waals surface area contributed by atoms with Crippen LogP contribution in [0.15, 0.2) is 60.4 Å². The minimum Gasteiger partial charge on any atom is -0.506 e. The summed E-state index contributed by atoms with van der Waals surface area (Å²) in [5.41, 5.74) is 6.01. The molecule has 144 valence electrons. The van der Waals surface area contributed by atoms with Crippen LogP contribution in [0.5, 0.6) is 5.75 Å². The molecule has 6 aromatic heterocycles. The smallest absolute Gasteiger partial charge is 0.161 e. The molecule has 0 aliphatic rings. The average Bonchev–Trinajstić information content (AvgIpc) is 3.51. The molecule has 0 unspecified atom stereocenters. The number of aromatic nitrogens is 7. The van der Waals surface area contributed by atoms with E-state index in [0.29, 0.717) is 22.7 Å². The summed E-state index contributed by atoms with van der Waals surface area (Å²) in [6.45, 7) is 0. The number of fused-ring (bicyclic) bond motifs is 2. The van der Waals surface area contributed by atoms with Crippen molar-refractivity contribution in [1.82, 2.24) is 35.1 Å². The van der Waals surface area contributed by atoms with Gasteiger partial charge in [-0.05, 0) is 35.7 Å². The molecule has 8 nitrogen and oxygen atoms in total. The Hall–Kier alpha value is -4.11. The molecule has 0 radical (unpaired) electrons. The van der Waals surface area contributed by atoms with Crippen LogP contribution in [0, 0.1) is 0 Å². The normalized spacial score (nSPS) is 11.5. The molecule has 30 heavy (non-hydrogen) atoms. The van der Waals surface area contributed by atoms with Crippen LogP contribution in [0.1, 0.15) is 0 Å². The van der Waals surface area contributed by atoms with Gasteiger partial charge in [-0.25, -0.2) is 9.97 Å². The van der Waals surface area contributed by atoms with Crippen molar-refractivity contribution in [2.24, 2.45) is 0 Å². The highest BCUT2D eigenvalue weighted by Crippen LogP contribution is 2.32. The predicted molar refractivity (Wildman–Crippen MR) is 115 cm³/mol. The molecule has 0 aliphatic heterocycles. The minimum atomic E-state index is 0.0905. The number of thiophene rings is 1. The van der Waals surface area contributed by atoms with Crippen LogP contribution in [0.4, 0.5) is 0 Å². The van der Waals surface area contributed by atoms with Crippen LogP contribution in [-0.4, -0.2) is 40.2 Å². The Morgan fingerprint density at radius 1 is 0.933 bits per heavy atom. The van der Waals surface area contributed by atoms with Gasteiger partial charge in [0, 0.05) is 18.0 Å². The van der Waals surface area contributed by atoms with Crippen molar-refractivity contribution < 1.29 is 5.11 Å². The van der Waals surface area contributed by atoms with E-state index in [9.17, 15) is 5.11 Å². The van der Waals surface area contributed by atoms with Crippen molar-refractivity contribution in [2.45, 2.75) is 0 Å². The van der Waals surface area contributed by atoms with Crippen LogP contribution in [-0.2, 0) is 0 Å². The number of hydrogen-bond donors (Lipinski definition) is 3. The number of nitrogens with one attached hydrogen (secondary N) is 2. The van der Waals surface area contributed by atoms with Crippen molar-refractivity contribution in [1.29, 1.82) is 0 Å². The lowest BCUT2D eigenvalue weighted by Crippen LogP contribution is -1.87. The standard InChI is InChI=1S/C21H13N7OS/c29-12-8-11(9-22-10-12)13-3-4-15-18(24-13)20(28-27-15)21-25-14-5-6-23-19(17(14)26-21)16-2-1-7-30-16/h1-10,29H,(H,25,26)(H,27,28). The third-order valence-electron chi connectivity index (χ3n) is 4.81. The summed E-state index contributed by atoms with van der Waals surface area (Å²) < 4.78 is 0. The van der Waals surface area contributed by atoms with Gasteiger partial charge in [-0.1, -0.05) is 6.07 Å². The molecule has 0 aliphatic carbocycles. The van der Waals surface area contributed by atoms with Crippen molar-refractivity contribution in [2.75, 3.05) is 0 Å². The molecule has 0 atom stereocenters. The van der Waals surface area contributed by atoms with E-state index >= 15 is 0 Å². The van der Waals surface area contributed by atoms with E-state index in [0.717, 1.165) is 32.7 Å². The summed E-state index contributed by atoms with van der Waals surface area (Å²) in [5.74, 6) is 0.702. The predicted octanol–water partition coefficient (Wildman–Crippen LogP) is 4.39. The number of nitrogens with zero attached hydrogens (tertiary/aromatic N) is 5. The van der Waals surface area contributed by atoms with Crippen molar-refractivity contribution in [3.05, 3.63) is 60.4 Å². The summed E-state index contributed by atoms with van der Waals surface area (Å²) in [7, 11) is 0. The van der Waals surface area contributed by atoms with Gasteiger partial charge >= 0.3 is 0 Å². The molecule has 6 rings (SSSR count). The van der Waals surface area contributed by atoms with Gasteiger partial charge in [0.25, 0.3) is 0 Å². The highest BCUT2D eigenvalue weighted by atomic mass is 32.1. The Balaban J connectivity index is 1.52. The van der Waals surface area contributed by atoms with Crippen LogP contribution < -0.4 is 0 Å². The van der Waals surface area contributed by atoms with Gasteiger partial charge in [-0.15, -0.1) is 11.3 Å². The fraction of sp³-hybridized carbons (Fsp3) is 0. The second-order valence-electron chi connectivity index (χ2n) is 6.72. The average molecular weight is 411 g/mol. The monoisotopic (exact) mass is 411 g/mol. The number of H-pyrrole nitrogens is 2. The Morgan fingerprint density at radius 2 is 1.87 bits per heavy atom. The maximum Gasteiger partial charge on any atom is 0.161 e. The first-order valence-electron chi connectivity index (χ1n) is 9.15. The third kappa shape index (κ3) is 2.64. The van der Waals surface area contributed by atoms with Gasteiger partial charge in [0.2, 0.25) is 0 Å². The van der Waals surface area contributed by atoms with E-state index in [2.05, 4.69) is 25.1 Å². The summed E-state index contributed by atoms with van der Waals surface area (Å²) in [5, 5.41) is 19.2. The summed E-state index contributed by atoms with van der Waals surface area (Å²) in [6, 6.07) is 11.3. The fourth-order valence-corrected chi connectivity index (χ4v) is 4.16. The lowest BCUT2D eigenvalue weighted by molar-refractivity contribution is 0.473. The zero-order valence-corrected chi connectivity index (χ0v) is 16.2. The Bertz CT molecular complexity index is 1520. The molecule has 0 saturated carbocycles. The van der Waals surface area contributed by atoms with E-state index in [-0.39, 0.29) is 5.75 Å². The number of pyridine rings is 3. The number of imidazole rings is 1. The first-order chi connectivity index (χ1) is 14.8. The van der Waals surface area contributed by atoms with Gasteiger partial charge in [0.1, 0.15) is 22.5 Å². The van der Waals surface area contributed by atoms with Crippen LogP contribution in [0.25, 0.3) is 55.4 Å².